The Hall–Kier alpha value is -1.32. The molecule has 0 radical (unpaired) electrons. The highest BCUT2D eigenvalue weighted by Gasteiger charge is 1.82. The van der Waals surface area contributed by atoms with Gasteiger partial charge in [0.25, 0.3) is 0 Å². The number of aromatic nitrogens is 2. The second kappa shape index (κ2) is 2.11. The monoisotopic (exact) mass is 110 g/mol. The SMILES string of the molecule is N/N=C/c1ncc[nH]1. The van der Waals surface area contributed by atoms with E-state index in [1.165, 1.54) is 6.21 Å². The van der Waals surface area contributed by atoms with Gasteiger partial charge in [-0.1, -0.05) is 0 Å². The Morgan fingerprint density at radius 1 is 1.88 bits per heavy atom. The Kier molecular flexibility index (Phi) is 1.27. The molecular formula is C4H6N4. The lowest BCUT2D eigenvalue weighted by Gasteiger charge is -1.75. The van der Waals surface area contributed by atoms with Crippen LogP contribution in [0.15, 0.2) is 17.5 Å². The van der Waals surface area contributed by atoms with Gasteiger partial charge in [-0.05, 0) is 0 Å². The van der Waals surface area contributed by atoms with E-state index >= 15 is 0 Å². The third-order valence-electron chi connectivity index (χ3n) is 0.716. The summed E-state index contributed by atoms with van der Waals surface area (Å²) in [6.45, 7) is 0. The quantitative estimate of drug-likeness (QED) is 0.296. The Morgan fingerprint density at radius 2 is 2.75 bits per heavy atom. The normalized spacial score (nSPS) is 10.5. The van der Waals surface area contributed by atoms with Crippen molar-refractivity contribution >= 4 is 6.21 Å². The van der Waals surface area contributed by atoms with Gasteiger partial charge in [-0.25, -0.2) is 4.98 Å². The molecule has 0 aliphatic rings. The van der Waals surface area contributed by atoms with Crippen LogP contribution >= 0.6 is 0 Å². The summed E-state index contributed by atoms with van der Waals surface area (Å²) in [5, 5.41) is 3.26. The Balaban J connectivity index is 2.77. The van der Waals surface area contributed by atoms with Gasteiger partial charge in [0.05, 0.1) is 6.21 Å². The van der Waals surface area contributed by atoms with Gasteiger partial charge in [0.2, 0.25) is 0 Å². The fraction of sp³-hybridized carbons (Fsp3) is 0. The number of hydrogen-bond donors (Lipinski definition) is 2. The lowest BCUT2D eigenvalue weighted by atomic mass is 10.7. The Labute approximate surface area is 46.4 Å². The van der Waals surface area contributed by atoms with Gasteiger partial charge in [0, 0.05) is 12.4 Å². The topological polar surface area (TPSA) is 67.1 Å². The van der Waals surface area contributed by atoms with E-state index in [1.807, 2.05) is 0 Å². The maximum atomic E-state index is 4.83. The van der Waals surface area contributed by atoms with E-state index in [1.54, 1.807) is 12.4 Å². The van der Waals surface area contributed by atoms with Crippen molar-refractivity contribution in [1.82, 2.24) is 9.97 Å². The molecule has 1 heterocycles. The molecule has 0 unspecified atom stereocenters. The van der Waals surface area contributed by atoms with Crippen molar-refractivity contribution in [3.63, 3.8) is 0 Å². The lowest BCUT2D eigenvalue weighted by molar-refractivity contribution is 1.22. The highest BCUT2D eigenvalue weighted by atomic mass is 15.1. The Bertz CT molecular complexity index is 164. The molecule has 1 aromatic rings. The van der Waals surface area contributed by atoms with Gasteiger partial charge < -0.3 is 10.8 Å². The third kappa shape index (κ3) is 0.841. The molecule has 0 aliphatic carbocycles. The van der Waals surface area contributed by atoms with Crippen LogP contribution in [0.3, 0.4) is 0 Å². The predicted octanol–water partition coefficient (Wildman–Crippen LogP) is -0.298. The first-order valence-electron chi connectivity index (χ1n) is 2.16. The molecule has 0 bridgehead atoms. The minimum Gasteiger partial charge on any atom is -0.344 e. The first kappa shape index (κ1) is 4.83. The van der Waals surface area contributed by atoms with Crippen molar-refractivity contribution in [2.75, 3.05) is 0 Å². The molecule has 4 heteroatoms. The average Bonchev–Trinajstić information content (AvgIpc) is 2.19. The van der Waals surface area contributed by atoms with E-state index in [9.17, 15) is 0 Å². The molecule has 42 valence electrons. The fourth-order valence-corrected chi connectivity index (χ4v) is 0.419. The number of rotatable bonds is 1. The van der Waals surface area contributed by atoms with Crippen molar-refractivity contribution in [2.45, 2.75) is 0 Å². The van der Waals surface area contributed by atoms with Crippen LogP contribution in [-0.4, -0.2) is 16.2 Å². The van der Waals surface area contributed by atoms with Gasteiger partial charge in [-0.3, -0.25) is 0 Å². The van der Waals surface area contributed by atoms with Crippen LogP contribution in [-0.2, 0) is 0 Å². The van der Waals surface area contributed by atoms with E-state index in [4.69, 9.17) is 5.84 Å². The zero-order valence-corrected chi connectivity index (χ0v) is 4.20. The van der Waals surface area contributed by atoms with Gasteiger partial charge in [0.15, 0.2) is 0 Å². The molecule has 8 heavy (non-hydrogen) atoms. The molecule has 0 saturated carbocycles. The van der Waals surface area contributed by atoms with Crippen LogP contribution in [0, 0.1) is 0 Å². The van der Waals surface area contributed by atoms with Crippen molar-refractivity contribution in [3.05, 3.63) is 18.2 Å². The average molecular weight is 110 g/mol. The smallest absolute Gasteiger partial charge is 0.150 e. The minimum atomic E-state index is 0.674. The predicted molar refractivity (Wildman–Crippen MR) is 30.4 cm³/mol. The summed E-state index contributed by atoms with van der Waals surface area (Å²) in [7, 11) is 0. The summed E-state index contributed by atoms with van der Waals surface area (Å²) in [6.07, 6.45) is 4.79. The van der Waals surface area contributed by atoms with Gasteiger partial charge in [-0.15, -0.1) is 0 Å². The number of nitrogens with one attached hydrogen (secondary N) is 1. The maximum Gasteiger partial charge on any atom is 0.150 e. The summed E-state index contributed by atoms with van der Waals surface area (Å²) >= 11 is 0. The number of nitrogens with two attached hydrogens (primary N) is 1. The van der Waals surface area contributed by atoms with E-state index in [0.29, 0.717) is 5.82 Å². The van der Waals surface area contributed by atoms with Gasteiger partial charge in [0.1, 0.15) is 5.82 Å². The summed E-state index contributed by atoms with van der Waals surface area (Å²) in [6, 6.07) is 0. The molecule has 0 aliphatic heterocycles. The van der Waals surface area contributed by atoms with Crippen molar-refractivity contribution in [3.8, 4) is 0 Å². The van der Waals surface area contributed by atoms with E-state index < -0.39 is 0 Å². The van der Waals surface area contributed by atoms with Crippen molar-refractivity contribution in [2.24, 2.45) is 10.9 Å². The molecule has 1 rings (SSSR count). The van der Waals surface area contributed by atoms with Crippen LogP contribution in [0.4, 0.5) is 0 Å². The number of nitrogens with zero attached hydrogens (tertiary/aromatic N) is 2. The van der Waals surface area contributed by atoms with Crippen LogP contribution < -0.4 is 5.84 Å². The van der Waals surface area contributed by atoms with Crippen LogP contribution in [0.1, 0.15) is 5.82 Å². The number of hydrazone groups is 1. The number of hydrogen-bond acceptors (Lipinski definition) is 3. The summed E-state index contributed by atoms with van der Waals surface area (Å²) in [5.41, 5.74) is 0. The van der Waals surface area contributed by atoms with E-state index in [-0.39, 0.29) is 0 Å². The molecular weight excluding hydrogens is 104 g/mol. The largest absolute Gasteiger partial charge is 0.344 e. The van der Waals surface area contributed by atoms with Crippen LogP contribution in [0.25, 0.3) is 0 Å². The van der Waals surface area contributed by atoms with Gasteiger partial charge >= 0.3 is 0 Å². The lowest BCUT2D eigenvalue weighted by Crippen LogP contribution is -1.87. The van der Waals surface area contributed by atoms with Crippen LogP contribution in [0.5, 0.6) is 0 Å². The molecule has 0 saturated heterocycles. The molecule has 0 amide bonds. The fourth-order valence-electron chi connectivity index (χ4n) is 0.419. The second-order valence-electron chi connectivity index (χ2n) is 1.25. The Morgan fingerprint density at radius 3 is 3.25 bits per heavy atom. The van der Waals surface area contributed by atoms with Gasteiger partial charge in [-0.2, -0.15) is 5.10 Å². The number of aromatic amines is 1. The standard InChI is InChI=1S/C4H6N4/c5-8-3-4-6-1-2-7-4/h1-3H,5H2,(H,6,7)/b8-3+. The van der Waals surface area contributed by atoms with Crippen molar-refractivity contribution < 1.29 is 0 Å². The molecule has 1 aromatic heterocycles. The zero-order chi connectivity index (χ0) is 5.82. The van der Waals surface area contributed by atoms with E-state index in [0.717, 1.165) is 0 Å². The molecule has 3 N–H and O–H groups in total. The molecule has 0 spiro atoms. The summed E-state index contributed by atoms with van der Waals surface area (Å²) in [4.78, 5) is 6.62. The summed E-state index contributed by atoms with van der Waals surface area (Å²) in [5.74, 6) is 5.50. The number of H-pyrrole nitrogens is 1. The molecule has 0 fully saturated rings. The number of imidazole rings is 1. The first-order valence-corrected chi connectivity index (χ1v) is 2.16. The molecule has 4 nitrogen and oxygen atoms in total. The third-order valence-corrected chi connectivity index (χ3v) is 0.716. The van der Waals surface area contributed by atoms with Crippen LogP contribution in [0.2, 0.25) is 0 Å². The second-order valence-corrected chi connectivity index (χ2v) is 1.25. The maximum absolute atomic E-state index is 4.83. The van der Waals surface area contributed by atoms with E-state index in [2.05, 4.69) is 15.1 Å². The highest BCUT2D eigenvalue weighted by molar-refractivity contribution is 5.73. The molecule has 0 aromatic carbocycles. The highest BCUT2D eigenvalue weighted by Crippen LogP contribution is 1.79. The minimum absolute atomic E-state index is 0.674. The summed E-state index contributed by atoms with van der Waals surface area (Å²) < 4.78 is 0. The molecule has 0 atom stereocenters. The van der Waals surface area contributed by atoms with Crippen molar-refractivity contribution in [1.29, 1.82) is 0 Å². The zero-order valence-electron chi connectivity index (χ0n) is 4.20. The first-order chi connectivity index (χ1) is 3.93.